The zero-order valence-corrected chi connectivity index (χ0v) is 5.16. The van der Waals surface area contributed by atoms with Crippen molar-refractivity contribution in [2.24, 2.45) is 0 Å². The average molecular weight is 137 g/mol. The van der Waals surface area contributed by atoms with Gasteiger partial charge in [0.05, 0.1) is 0 Å². The molecule has 0 aromatic rings. The Bertz CT molecular complexity index is 95.0. The molecule has 0 rings (SSSR count). The molecule has 0 bridgehead atoms. The van der Waals surface area contributed by atoms with Crippen LogP contribution in [0.4, 0.5) is 8.78 Å². The van der Waals surface area contributed by atoms with Crippen LogP contribution in [0.3, 0.4) is 0 Å². The molecule has 0 atom stereocenters. The molecule has 0 aromatic carbocycles. The van der Waals surface area contributed by atoms with Crippen molar-refractivity contribution >= 4 is 5.91 Å². The lowest BCUT2D eigenvalue weighted by molar-refractivity contribution is -0.119. The molecule has 0 fully saturated rings. The van der Waals surface area contributed by atoms with E-state index in [4.69, 9.17) is 0 Å². The lowest BCUT2D eigenvalue weighted by atomic mass is 10.4. The number of carbonyl (C=O) groups is 1. The summed E-state index contributed by atoms with van der Waals surface area (Å²) in [6.07, 6.45) is -2.59. The molecule has 0 aliphatic heterocycles. The van der Waals surface area contributed by atoms with Gasteiger partial charge < -0.3 is 5.32 Å². The summed E-state index contributed by atoms with van der Waals surface area (Å²) in [6, 6.07) is 0. The molecule has 0 aromatic heterocycles. The van der Waals surface area contributed by atoms with Crippen LogP contribution in [0.15, 0.2) is 0 Å². The highest BCUT2D eigenvalue weighted by molar-refractivity contribution is 5.72. The fourth-order valence-electron chi connectivity index (χ4n) is 0.357. The number of alkyl halides is 2. The number of rotatable bonds is 3. The molecule has 0 heterocycles. The number of hydrogen-bond donors (Lipinski definition) is 1. The Labute approximate surface area is 52.2 Å². The van der Waals surface area contributed by atoms with Crippen LogP contribution in [-0.2, 0) is 4.79 Å². The van der Waals surface area contributed by atoms with Crippen LogP contribution < -0.4 is 5.32 Å². The average Bonchev–Trinajstić information content (AvgIpc) is 1.63. The maximum atomic E-state index is 11.3. The smallest absolute Gasteiger partial charge is 0.240 e. The van der Waals surface area contributed by atoms with Crippen LogP contribution in [0.5, 0.6) is 0 Å². The first-order chi connectivity index (χ1) is 4.13. The molecular weight excluding hydrogens is 128 g/mol. The second-order valence-electron chi connectivity index (χ2n) is 1.66. The minimum Gasteiger partial charge on any atom is -0.356 e. The summed E-state index contributed by atoms with van der Waals surface area (Å²) in [6.45, 7) is 1.36. The first-order valence-electron chi connectivity index (χ1n) is 2.65. The van der Waals surface area contributed by atoms with Crippen LogP contribution in [0.25, 0.3) is 0 Å². The predicted octanol–water partition coefficient (Wildman–Crippen LogP) is 0.778. The number of amides is 1. The largest absolute Gasteiger partial charge is 0.356 e. The van der Waals surface area contributed by atoms with Gasteiger partial charge in [0.25, 0.3) is 0 Å². The second kappa shape index (κ2) is 4.23. The first-order valence-corrected chi connectivity index (χ1v) is 2.65. The van der Waals surface area contributed by atoms with E-state index >= 15 is 0 Å². The van der Waals surface area contributed by atoms with Gasteiger partial charge in [-0.05, 0) is 0 Å². The summed E-state index contributed by atoms with van der Waals surface area (Å²) in [5, 5.41) is 2.26. The first kappa shape index (κ1) is 8.33. The van der Waals surface area contributed by atoms with Gasteiger partial charge in [-0.1, -0.05) is 0 Å². The van der Waals surface area contributed by atoms with Gasteiger partial charge in [-0.3, -0.25) is 4.79 Å². The molecule has 0 aliphatic carbocycles. The van der Waals surface area contributed by atoms with E-state index in [1.54, 1.807) is 0 Å². The minimum atomic E-state index is -2.32. The van der Waals surface area contributed by atoms with E-state index in [2.05, 4.69) is 5.32 Å². The third-order valence-electron chi connectivity index (χ3n) is 0.737. The van der Waals surface area contributed by atoms with Gasteiger partial charge in [0.15, 0.2) is 0 Å². The van der Waals surface area contributed by atoms with Crippen molar-refractivity contribution in [3.63, 3.8) is 0 Å². The third-order valence-corrected chi connectivity index (χ3v) is 0.737. The number of carbonyl (C=O) groups excluding carboxylic acids is 1. The fourth-order valence-corrected chi connectivity index (χ4v) is 0.357. The van der Waals surface area contributed by atoms with Crippen molar-refractivity contribution < 1.29 is 13.6 Å². The molecule has 0 saturated heterocycles. The molecular formula is C5H9F2NO. The van der Waals surface area contributed by atoms with E-state index in [-0.39, 0.29) is 18.9 Å². The van der Waals surface area contributed by atoms with Crippen LogP contribution in [-0.4, -0.2) is 18.9 Å². The van der Waals surface area contributed by atoms with E-state index in [0.717, 1.165) is 0 Å². The lowest BCUT2D eigenvalue weighted by Crippen LogP contribution is -2.22. The summed E-state index contributed by atoms with van der Waals surface area (Å²) >= 11 is 0. The molecule has 0 unspecified atom stereocenters. The van der Waals surface area contributed by atoms with Gasteiger partial charge in [-0.15, -0.1) is 0 Å². The lowest BCUT2D eigenvalue weighted by Gasteiger charge is -1.98. The van der Waals surface area contributed by atoms with E-state index < -0.39 is 6.43 Å². The topological polar surface area (TPSA) is 29.1 Å². The Morgan fingerprint density at radius 3 is 2.56 bits per heavy atom. The van der Waals surface area contributed by atoms with E-state index in [9.17, 15) is 13.6 Å². The maximum Gasteiger partial charge on any atom is 0.240 e. The summed E-state index contributed by atoms with van der Waals surface area (Å²) in [7, 11) is 0. The molecule has 0 saturated carbocycles. The monoisotopic (exact) mass is 137 g/mol. The number of hydrogen-bond acceptors (Lipinski definition) is 1. The second-order valence-corrected chi connectivity index (χ2v) is 1.66. The standard InChI is InChI=1S/C5H9F2NO/c1-4(9)8-3-2-5(6)7/h5H,2-3H2,1H3,(H,8,9). The predicted molar refractivity (Wildman–Crippen MR) is 29.3 cm³/mol. The van der Waals surface area contributed by atoms with Crippen molar-refractivity contribution in [1.29, 1.82) is 0 Å². The SMILES string of the molecule is CC(=O)NCCC(F)F. The van der Waals surface area contributed by atoms with Crippen LogP contribution in [0.1, 0.15) is 13.3 Å². The number of halogens is 2. The number of nitrogens with one attached hydrogen (secondary N) is 1. The molecule has 54 valence electrons. The van der Waals surface area contributed by atoms with E-state index in [0.29, 0.717) is 0 Å². The summed E-state index contributed by atoms with van der Waals surface area (Å²) < 4.78 is 22.7. The highest BCUT2D eigenvalue weighted by Crippen LogP contribution is 1.95. The molecule has 9 heavy (non-hydrogen) atoms. The Balaban J connectivity index is 3.01. The molecule has 0 radical (unpaired) electrons. The molecule has 0 aliphatic rings. The Hall–Kier alpha value is -0.670. The molecule has 1 N–H and O–H groups in total. The zero-order valence-electron chi connectivity index (χ0n) is 5.16. The van der Waals surface area contributed by atoms with Crippen LogP contribution in [0, 0.1) is 0 Å². The summed E-state index contributed by atoms with van der Waals surface area (Å²) in [5.41, 5.74) is 0. The molecule has 2 nitrogen and oxygen atoms in total. The fraction of sp³-hybridized carbons (Fsp3) is 0.800. The summed E-state index contributed by atoms with van der Waals surface area (Å²) in [4.78, 5) is 10.1. The van der Waals surface area contributed by atoms with Crippen molar-refractivity contribution in [3.05, 3.63) is 0 Å². The van der Waals surface area contributed by atoms with Crippen LogP contribution in [0.2, 0.25) is 0 Å². The minimum absolute atomic E-state index is 0.0625. The van der Waals surface area contributed by atoms with Crippen molar-refractivity contribution in [2.45, 2.75) is 19.8 Å². The van der Waals surface area contributed by atoms with Gasteiger partial charge in [0.2, 0.25) is 12.3 Å². The highest BCUT2D eigenvalue weighted by atomic mass is 19.3. The summed E-state index contributed by atoms with van der Waals surface area (Å²) in [5.74, 6) is -0.268. The Morgan fingerprint density at radius 1 is 1.67 bits per heavy atom. The van der Waals surface area contributed by atoms with Crippen LogP contribution >= 0.6 is 0 Å². The highest BCUT2D eigenvalue weighted by Gasteiger charge is 2.00. The zero-order chi connectivity index (χ0) is 7.28. The van der Waals surface area contributed by atoms with Crippen molar-refractivity contribution in [2.75, 3.05) is 6.54 Å². The maximum absolute atomic E-state index is 11.3. The van der Waals surface area contributed by atoms with Gasteiger partial charge in [-0.25, -0.2) is 8.78 Å². The molecule has 0 spiro atoms. The van der Waals surface area contributed by atoms with E-state index in [1.165, 1.54) is 6.92 Å². The van der Waals surface area contributed by atoms with E-state index in [1.807, 2.05) is 0 Å². The van der Waals surface area contributed by atoms with Gasteiger partial charge in [0.1, 0.15) is 0 Å². The van der Waals surface area contributed by atoms with Gasteiger partial charge in [-0.2, -0.15) is 0 Å². The van der Waals surface area contributed by atoms with Crippen molar-refractivity contribution in [3.8, 4) is 0 Å². The Kier molecular flexibility index (Phi) is 3.92. The normalized spacial score (nSPS) is 9.78. The third kappa shape index (κ3) is 7.33. The van der Waals surface area contributed by atoms with Gasteiger partial charge in [0, 0.05) is 19.9 Å². The Morgan fingerprint density at radius 2 is 2.22 bits per heavy atom. The molecule has 1 amide bonds. The quantitative estimate of drug-likeness (QED) is 0.611. The van der Waals surface area contributed by atoms with Gasteiger partial charge >= 0.3 is 0 Å². The van der Waals surface area contributed by atoms with Crippen molar-refractivity contribution in [1.82, 2.24) is 5.32 Å². The molecule has 4 heteroatoms.